The number of hydrogen-bond donors (Lipinski definition) is 0. The molecule has 7 heteroatoms. The SMILES string of the molecule is COCC1CCCN1Cc1cccc(OC[C@H]2CC[C@H]3CN(c4noc5ccccc45)CCN3C2)c1. The molecule has 1 aromatic heterocycles. The monoisotopic (exact) mass is 490 g/mol. The van der Waals surface area contributed by atoms with Crippen LogP contribution in [0.3, 0.4) is 0 Å². The molecule has 192 valence electrons. The Labute approximate surface area is 213 Å². The van der Waals surface area contributed by atoms with Crippen LogP contribution in [0.2, 0.25) is 0 Å². The number of hydrogen-bond acceptors (Lipinski definition) is 7. The van der Waals surface area contributed by atoms with E-state index >= 15 is 0 Å². The molecule has 0 N–H and O–H groups in total. The lowest BCUT2D eigenvalue weighted by atomic mass is 9.91. The van der Waals surface area contributed by atoms with Crippen molar-refractivity contribution < 1.29 is 14.0 Å². The van der Waals surface area contributed by atoms with Crippen LogP contribution in [-0.2, 0) is 11.3 Å². The molecule has 0 amide bonds. The van der Waals surface area contributed by atoms with Crippen molar-refractivity contribution in [2.75, 3.05) is 57.9 Å². The summed E-state index contributed by atoms with van der Waals surface area (Å²) >= 11 is 0. The number of para-hydroxylation sites is 1. The van der Waals surface area contributed by atoms with Gasteiger partial charge in [0.2, 0.25) is 0 Å². The van der Waals surface area contributed by atoms with Crippen molar-refractivity contribution in [2.24, 2.45) is 5.92 Å². The van der Waals surface area contributed by atoms with Crippen LogP contribution in [0.25, 0.3) is 11.0 Å². The second-order valence-corrected chi connectivity index (χ2v) is 10.7. The zero-order valence-electron chi connectivity index (χ0n) is 21.3. The molecule has 3 fully saturated rings. The minimum Gasteiger partial charge on any atom is -0.493 e. The molecule has 0 aliphatic carbocycles. The smallest absolute Gasteiger partial charge is 0.180 e. The van der Waals surface area contributed by atoms with Gasteiger partial charge in [0, 0.05) is 57.8 Å². The third kappa shape index (κ3) is 5.10. The zero-order chi connectivity index (χ0) is 24.3. The first-order valence-corrected chi connectivity index (χ1v) is 13.5. The van der Waals surface area contributed by atoms with Crippen LogP contribution in [0, 0.1) is 5.92 Å². The van der Waals surface area contributed by atoms with Crippen molar-refractivity contribution >= 4 is 16.8 Å². The third-order valence-corrected chi connectivity index (χ3v) is 8.29. The van der Waals surface area contributed by atoms with E-state index in [1.54, 1.807) is 7.11 Å². The number of fused-ring (bicyclic) bond motifs is 2. The van der Waals surface area contributed by atoms with E-state index in [4.69, 9.17) is 14.0 Å². The van der Waals surface area contributed by atoms with Gasteiger partial charge in [0.25, 0.3) is 0 Å². The Kier molecular flexibility index (Phi) is 7.12. The fourth-order valence-electron chi connectivity index (χ4n) is 6.35. The van der Waals surface area contributed by atoms with Crippen molar-refractivity contribution in [2.45, 2.75) is 44.3 Å². The molecule has 6 rings (SSSR count). The standard InChI is InChI=1S/C29H38N4O3/c1-34-21-25-7-5-13-31(25)17-22-6-4-8-26(16-22)35-20-23-11-12-24-19-33(15-14-32(24)18-23)29-27-9-2-3-10-28(27)36-30-29/h2-4,6,8-10,16,23-25H,5,7,11-15,17-21H2,1H3/t23-,24-,25?/m0/s1. The number of rotatable bonds is 8. The molecule has 2 aromatic carbocycles. The first kappa shape index (κ1) is 23.8. The molecular weight excluding hydrogens is 452 g/mol. The van der Waals surface area contributed by atoms with E-state index in [0.29, 0.717) is 18.0 Å². The molecule has 0 bridgehead atoms. The quantitative estimate of drug-likeness (QED) is 0.463. The minimum atomic E-state index is 0.540. The molecule has 0 radical (unpaired) electrons. The first-order valence-electron chi connectivity index (χ1n) is 13.5. The third-order valence-electron chi connectivity index (χ3n) is 8.29. The Morgan fingerprint density at radius 1 is 0.972 bits per heavy atom. The number of nitrogens with zero attached hydrogens (tertiary/aromatic N) is 4. The van der Waals surface area contributed by atoms with Crippen LogP contribution in [0.4, 0.5) is 5.82 Å². The predicted molar refractivity (Wildman–Crippen MR) is 142 cm³/mol. The molecule has 3 aromatic rings. The summed E-state index contributed by atoms with van der Waals surface area (Å²) in [5.41, 5.74) is 2.20. The van der Waals surface area contributed by atoms with Gasteiger partial charge in [0.05, 0.1) is 18.6 Å². The van der Waals surface area contributed by atoms with Gasteiger partial charge in [0.15, 0.2) is 11.4 Å². The number of piperazine rings is 1. The Bertz CT molecular complexity index is 1150. The van der Waals surface area contributed by atoms with Crippen LogP contribution in [0.1, 0.15) is 31.2 Å². The number of anilines is 1. The maximum atomic E-state index is 6.33. The number of piperidine rings is 1. The molecule has 1 unspecified atom stereocenters. The lowest BCUT2D eigenvalue weighted by Gasteiger charge is -2.46. The fourth-order valence-corrected chi connectivity index (χ4v) is 6.35. The highest BCUT2D eigenvalue weighted by Gasteiger charge is 2.34. The van der Waals surface area contributed by atoms with Crippen molar-refractivity contribution in [1.29, 1.82) is 0 Å². The first-order chi connectivity index (χ1) is 17.8. The highest BCUT2D eigenvalue weighted by molar-refractivity contribution is 5.88. The zero-order valence-corrected chi connectivity index (χ0v) is 21.3. The van der Waals surface area contributed by atoms with Crippen LogP contribution >= 0.6 is 0 Å². The lowest BCUT2D eigenvalue weighted by molar-refractivity contribution is 0.0726. The van der Waals surface area contributed by atoms with E-state index in [2.05, 4.69) is 56.3 Å². The molecule has 3 aliphatic rings. The van der Waals surface area contributed by atoms with E-state index in [9.17, 15) is 0 Å². The maximum absolute atomic E-state index is 6.33. The molecule has 3 saturated heterocycles. The summed E-state index contributed by atoms with van der Waals surface area (Å²) in [6.45, 7) is 7.93. The highest BCUT2D eigenvalue weighted by Crippen LogP contribution is 2.31. The lowest BCUT2D eigenvalue weighted by Crippen LogP contribution is -2.57. The maximum Gasteiger partial charge on any atom is 0.180 e. The van der Waals surface area contributed by atoms with E-state index < -0.39 is 0 Å². The van der Waals surface area contributed by atoms with Crippen molar-refractivity contribution in [3.63, 3.8) is 0 Å². The average molecular weight is 491 g/mol. The van der Waals surface area contributed by atoms with Crippen molar-refractivity contribution in [1.82, 2.24) is 15.0 Å². The van der Waals surface area contributed by atoms with Crippen LogP contribution in [0.5, 0.6) is 5.75 Å². The Hall–Kier alpha value is -2.61. The molecule has 4 heterocycles. The van der Waals surface area contributed by atoms with Crippen LogP contribution in [0.15, 0.2) is 53.1 Å². The van der Waals surface area contributed by atoms with Crippen LogP contribution < -0.4 is 9.64 Å². The van der Waals surface area contributed by atoms with Gasteiger partial charge in [-0.25, -0.2) is 0 Å². The Morgan fingerprint density at radius 3 is 2.86 bits per heavy atom. The summed E-state index contributed by atoms with van der Waals surface area (Å²) in [6, 6.07) is 18.0. The molecule has 0 saturated carbocycles. The fraction of sp³-hybridized carbons (Fsp3) is 0.552. The number of methoxy groups -OCH3 is 1. The number of aromatic nitrogens is 1. The van der Waals surface area contributed by atoms with Gasteiger partial charge in [-0.15, -0.1) is 0 Å². The molecule has 0 spiro atoms. The van der Waals surface area contributed by atoms with Crippen LogP contribution in [-0.4, -0.2) is 80.1 Å². The van der Waals surface area contributed by atoms with Gasteiger partial charge in [-0.05, 0) is 62.1 Å². The number of ether oxygens (including phenoxy) is 2. The Morgan fingerprint density at radius 2 is 1.92 bits per heavy atom. The van der Waals surface area contributed by atoms with Crippen molar-refractivity contribution in [3.05, 3.63) is 54.1 Å². The van der Waals surface area contributed by atoms with E-state index in [-0.39, 0.29) is 0 Å². The molecule has 36 heavy (non-hydrogen) atoms. The summed E-state index contributed by atoms with van der Waals surface area (Å²) in [5.74, 6) is 2.58. The Balaban J connectivity index is 1.01. The van der Waals surface area contributed by atoms with Gasteiger partial charge in [-0.2, -0.15) is 0 Å². The van der Waals surface area contributed by atoms with Gasteiger partial charge in [-0.3, -0.25) is 9.80 Å². The predicted octanol–water partition coefficient (Wildman–Crippen LogP) is 4.42. The molecule has 7 nitrogen and oxygen atoms in total. The second kappa shape index (κ2) is 10.8. The van der Waals surface area contributed by atoms with Gasteiger partial charge >= 0.3 is 0 Å². The highest BCUT2D eigenvalue weighted by atomic mass is 16.5. The average Bonchev–Trinajstić information content (AvgIpc) is 3.54. The molecule has 3 aliphatic heterocycles. The topological polar surface area (TPSA) is 54.2 Å². The van der Waals surface area contributed by atoms with Gasteiger partial charge < -0.3 is 18.9 Å². The summed E-state index contributed by atoms with van der Waals surface area (Å²) in [5, 5.41) is 5.51. The van der Waals surface area contributed by atoms with E-state index in [0.717, 1.165) is 75.0 Å². The second-order valence-electron chi connectivity index (χ2n) is 10.7. The molecule has 3 atom stereocenters. The number of likely N-dealkylation sites (tertiary alicyclic amines) is 1. The van der Waals surface area contributed by atoms with E-state index in [1.807, 2.05) is 12.1 Å². The van der Waals surface area contributed by atoms with Gasteiger partial charge in [0.1, 0.15) is 5.75 Å². The minimum absolute atomic E-state index is 0.540. The summed E-state index contributed by atoms with van der Waals surface area (Å²) < 4.78 is 17.3. The molecular formula is C29H38N4O3. The normalized spacial score (nSPS) is 25.4. The summed E-state index contributed by atoms with van der Waals surface area (Å²) in [4.78, 5) is 7.62. The van der Waals surface area contributed by atoms with Gasteiger partial charge in [-0.1, -0.05) is 29.4 Å². The summed E-state index contributed by atoms with van der Waals surface area (Å²) in [6.07, 6.45) is 4.91. The summed E-state index contributed by atoms with van der Waals surface area (Å²) in [7, 11) is 1.80. The van der Waals surface area contributed by atoms with Crippen molar-refractivity contribution in [3.8, 4) is 5.75 Å². The number of benzene rings is 2. The van der Waals surface area contributed by atoms with E-state index in [1.165, 1.54) is 31.2 Å². The largest absolute Gasteiger partial charge is 0.493 e.